The number of hydrogen-bond acceptors (Lipinski definition) is 5. The Balaban J connectivity index is 1.46. The van der Waals surface area contributed by atoms with Crippen LogP contribution in [0.4, 0.5) is 5.69 Å². The predicted molar refractivity (Wildman–Crippen MR) is 138 cm³/mol. The van der Waals surface area contributed by atoms with E-state index in [1.165, 1.54) is 23.3 Å². The molecule has 0 aromatic carbocycles. The summed E-state index contributed by atoms with van der Waals surface area (Å²) in [5, 5.41) is 14.5. The fourth-order valence-electron chi connectivity index (χ4n) is 6.12. The number of carbonyl (C=O) groups excluding carboxylic acids is 1. The second kappa shape index (κ2) is 10.6. The van der Waals surface area contributed by atoms with Gasteiger partial charge in [-0.25, -0.2) is 14.5 Å². The molecular formula is C27H36N4O3S. The van der Waals surface area contributed by atoms with Crippen LogP contribution in [0.25, 0.3) is 5.57 Å². The number of hydrogen-bond donors (Lipinski definition) is 1. The van der Waals surface area contributed by atoms with Gasteiger partial charge in [0.25, 0.3) is 0 Å². The Bertz CT molecular complexity index is 1060. The topological polar surface area (TPSA) is 88.3 Å². The largest absolute Gasteiger partial charge is 0.477 e. The van der Waals surface area contributed by atoms with Crippen molar-refractivity contribution in [3.05, 3.63) is 34.6 Å². The molecule has 0 atom stereocenters. The number of amides is 1. The average molecular weight is 497 g/mol. The fraction of sp³-hybridized carbons (Fsp3) is 0.630. The molecule has 2 saturated carbocycles. The number of nitrogens with zero attached hydrogens (tertiary/aromatic N) is 4. The summed E-state index contributed by atoms with van der Waals surface area (Å²) in [7, 11) is 0. The maximum absolute atomic E-state index is 14.1. The Morgan fingerprint density at radius 2 is 1.86 bits per heavy atom. The highest BCUT2D eigenvalue weighted by atomic mass is 32.1. The van der Waals surface area contributed by atoms with Crippen molar-refractivity contribution in [1.82, 2.24) is 14.8 Å². The van der Waals surface area contributed by atoms with E-state index in [0.717, 1.165) is 75.5 Å². The number of rotatable bonds is 6. The van der Waals surface area contributed by atoms with Gasteiger partial charge in [-0.05, 0) is 94.6 Å². The van der Waals surface area contributed by atoms with Gasteiger partial charge in [-0.2, -0.15) is 5.10 Å². The zero-order valence-electron chi connectivity index (χ0n) is 20.6. The fourth-order valence-corrected chi connectivity index (χ4v) is 7.18. The van der Waals surface area contributed by atoms with E-state index in [-0.39, 0.29) is 23.9 Å². The van der Waals surface area contributed by atoms with Crippen molar-refractivity contribution >= 4 is 34.5 Å². The van der Waals surface area contributed by atoms with E-state index in [0.29, 0.717) is 16.5 Å². The molecule has 0 saturated heterocycles. The summed E-state index contributed by atoms with van der Waals surface area (Å²) >= 11 is 1.35. The van der Waals surface area contributed by atoms with Crippen LogP contribution in [0.5, 0.6) is 0 Å². The number of carbonyl (C=O) groups is 2. The number of aromatic nitrogens is 3. The van der Waals surface area contributed by atoms with Crippen molar-refractivity contribution < 1.29 is 14.7 Å². The Morgan fingerprint density at radius 1 is 1.09 bits per heavy atom. The van der Waals surface area contributed by atoms with Gasteiger partial charge >= 0.3 is 5.97 Å². The highest BCUT2D eigenvalue weighted by Gasteiger charge is 2.38. The van der Waals surface area contributed by atoms with Crippen molar-refractivity contribution in [1.29, 1.82) is 0 Å². The first-order chi connectivity index (χ1) is 17.0. The minimum Gasteiger partial charge on any atom is -0.477 e. The normalized spacial score (nSPS) is 27.3. The first kappa shape index (κ1) is 24.2. The second-order valence-electron chi connectivity index (χ2n) is 10.6. The molecule has 3 aliphatic carbocycles. The predicted octanol–water partition coefficient (Wildman–Crippen LogP) is 6.34. The monoisotopic (exact) mass is 496 g/mol. The van der Waals surface area contributed by atoms with E-state index in [4.69, 9.17) is 0 Å². The van der Waals surface area contributed by atoms with Crippen molar-refractivity contribution in [3.63, 3.8) is 0 Å². The summed E-state index contributed by atoms with van der Waals surface area (Å²) in [6, 6.07) is 2.31. The Morgan fingerprint density at radius 3 is 2.49 bits per heavy atom. The number of allylic oxidation sites excluding steroid dienone is 2. The van der Waals surface area contributed by atoms with Crippen LogP contribution in [0.1, 0.15) is 105 Å². The van der Waals surface area contributed by atoms with Gasteiger partial charge in [-0.3, -0.25) is 4.79 Å². The first-order valence-corrected chi connectivity index (χ1v) is 14.1. The van der Waals surface area contributed by atoms with Crippen LogP contribution in [-0.4, -0.2) is 37.8 Å². The van der Waals surface area contributed by atoms with E-state index in [9.17, 15) is 14.7 Å². The van der Waals surface area contributed by atoms with Gasteiger partial charge in [0.15, 0.2) is 0 Å². The van der Waals surface area contributed by atoms with Gasteiger partial charge in [0, 0.05) is 16.8 Å². The van der Waals surface area contributed by atoms with Crippen LogP contribution in [0.2, 0.25) is 0 Å². The van der Waals surface area contributed by atoms with Crippen LogP contribution in [-0.2, 0) is 4.79 Å². The van der Waals surface area contributed by atoms with Gasteiger partial charge in [-0.15, -0.1) is 11.3 Å². The SMILES string of the molecule is C[C@H]1CC[C@H](C(=O)N(c2cc(C3=CCCCC3)sc2C(=O)O)[C@H]2CC[C@H](n3cncn3)CC2)CC1. The molecule has 0 bridgehead atoms. The van der Waals surface area contributed by atoms with Crippen molar-refractivity contribution in [3.8, 4) is 0 Å². The molecule has 0 aliphatic heterocycles. The summed E-state index contributed by atoms with van der Waals surface area (Å²) in [5.41, 5.74) is 1.86. The lowest BCUT2D eigenvalue weighted by Crippen LogP contribution is -2.46. The third-order valence-electron chi connectivity index (χ3n) is 8.22. The molecule has 8 heteroatoms. The molecule has 1 N–H and O–H groups in total. The lowest BCUT2D eigenvalue weighted by Gasteiger charge is -2.39. The van der Waals surface area contributed by atoms with Gasteiger partial charge < -0.3 is 10.0 Å². The Labute approximate surface area is 211 Å². The van der Waals surface area contributed by atoms with E-state index >= 15 is 0 Å². The van der Waals surface area contributed by atoms with Gasteiger partial charge in [0.05, 0.1) is 11.7 Å². The summed E-state index contributed by atoms with van der Waals surface area (Å²) < 4.78 is 1.92. The van der Waals surface area contributed by atoms with Crippen molar-refractivity contribution in [2.75, 3.05) is 4.90 Å². The molecule has 0 unspecified atom stereocenters. The van der Waals surface area contributed by atoms with Gasteiger partial charge in [0.1, 0.15) is 17.5 Å². The lowest BCUT2D eigenvalue weighted by molar-refractivity contribution is -0.124. The van der Waals surface area contributed by atoms with E-state index in [1.54, 1.807) is 12.7 Å². The first-order valence-electron chi connectivity index (χ1n) is 13.2. The molecule has 35 heavy (non-hydrogen) atoms. The average Bonchev–Trinajstić information content (AvgIpc) is 3.57. The van der Waals surface area contributed by atoms with Gasteiger partial charge in [-0.1, -0.05) is 13.0 Å². The Hall–Kier alpha value is -2.48. The maximum Gasteiger partial charge on any atom is 0.348 e. The van der Waals surface area contributed by atoms with E-state index < -0.39 is 5.97 Å². The van der Waals surface area contributed by atoms with Crippen LogP contribution >= 0.6 is 11.3 Å². The highest BCUT2D eigenvalue weighted by Crippen LogP contribution is 2.42. The standard InChI is InChI=1S/C27H36N4O3S/c1-18-7-9-20(10-8-18)26(32)31(22-13-11-21(12-14-22)30-17-28-16-29-30)23-15-24(35-25(23)27(33)34)19-5-3-2-4-6-19/h5,15-18,20-22H,2-4,6-14H2,1H3,(H,33,34)/t18-,20-,21-,22-. The second-order valence-corrected chi connectivity index (χ2v) is 11.7. The minimum atomic E-state index is -0.931. The van der Waals surface area contributed by atoms with Crippen LogP contribution in [0.15, 0.2) is 24.8 Å². The Kier molecular flexibility index (Phi) is 7.37. The quantitative estimate of drug-likeness (QED) is 0.504. The summed E-state index contributed by atoms with van der Waals surface area (Å²) in [6.07, 6.45) is 17.4. The van der Waals surface area contributed by atoms with Crippen molar-refractivity contribution in [2.45, 2.75) is 96.1 Å². The number of aromatic carboxylic acids is 1. The molecule has 2 aromatic rings. The zero-order chi connectivity index (χ0) is 24.4. The molecular weight excluding hydrogens is 460 g/mol. The number of anilines is 1. The molecule has 5 rings (SSSR count). The molecule has 2 aromatic heterocycles. The molecule has 3 aliphatic rings. The molecule has 2 heterocycles. The smallest absolute Gasteiger partial charge is 0.348 e. The van der Waals surface area contributed by atoms with E-state index in [2.05, 4.69) is 23.1 Å². The highest BCUT2D eigenvalue weighted by molar-refractivity contribution is 7.15. The summed E-state index contributed by atoms with van der Waals surface area (Å²) in [6.45, 7) is 2.26. The molecule has 1 amide bonds. The third kappa shape index (κ3) is 5.22. The summed E-state index contributed by atoms with van der Waals surface area (Å²) in [4.78, 5) is 33.8. The number of carboxylic acid groups (broad SMARTS) is 1. The third-order valence-corrected chi connectivity index (χ3v) is 9.41. The number of thiophene rings is 1. The zero-order valence-corrected chi connectivity index (χ0v) is 21.4. The molecule has 188 valence electrons. The maximum atomic E-state index is 14.1. The number of carboxylic acids is 1. The van der Waals surface area contributed by atoms with Crippen LogP contribution in [0.3, 0.4) is 0 Å². The minimum absolute atomic E-state index is 0.0156. The molecule has 2 fully saturated rings. The van der Waals surface area contributed by atoms with Gasteiger partial charge in [0.2, 0.25) is 5.91 Å². The van der Waals surface area contributed by atoms with Crippen molar-refractivity contribution in [2.24, 2.45) is 11.8 Å². The molecule has 0 spiro atoms. The lowest BCUT2D eigenvalue weighted by atomic mass is 9.81. The molecule has 0 radical (unpaired) electrons. The van der Waals surface area contributed by atoms with E-state index in [1.807, 2.05) is 15.6 Å². The van der Waals surface area contributed by atoms with Crippen LogP contribution < -0.4 is 4.90 Å². The summed E-state index contributed by atoms with van der Waals surface area (Å²) in [5.74, 6) is -0.158. The van der Waals surface area contributed by atoms with Crippen LogP contribution in [0, 0.1) is 11.8 Å². The molecule has 7 nitrogen and oxygen atoms in total.